The van der Waals surface area contributed by atoms with E-state index in [0.717, 1.165) is 28.9 Å². The molecule has 0 aliphatic rings. The topological polar surface area (TPSA) is 88.9 Å². The summed E-state index contributed by atoms with van der Waals surface area (Å²) in [5.74, 6) is 0.229. The van der Waals surface area contributed by atoms with Gasteiger partial charge in [0.25, 0.3) is 5.91 Å². The number of carbonyl (C=O) groups excluding carboxylic acids is 1. The first kappa shape index (κ1) is 25.0. The third-order valence-electron chi connectivity index (χ3n) is 5.40. The van der Waals surface area contributed by atoms with Crippen molar-refractivity contribution in [3.63, 3.8) is 0 Å². The molecule has 1 unspecified atom stereocenters. The summed E-state index contributed by atoms with van der Waals surface area (Å²) in [6, 6.07) is 16.6. The van der Waals surface area contributed by atoms with Gasteiger partial charge in [0.1, 0.15) is 5.75 Å². The van der Waals surface area contributed by atoms with Gasteiger partial charge in [0.15, 0.2) is 5.76 Å². The number of furan rings is 1. The highest BCUT2D eigenvalue weighted by Gasteiger charge is 2.25. The summed E-state index contributed by atoms with van der Waals surface area (Å²) in [6.07, 6.45) is 0. The highest BCUT2D eigenvalue weighted by atomic mass is 79.9. The molecule has 3 rings (SSSR count). The van der Waals surface area contributed by atoms with Gasteiger partial charge >= 0.3 is 0 Å². The Bertz CT molecular complexity index is 1170. The van der Waals surface area contributed by atoms with E-state index in [4.69, 9.17) is 9.15 Å². The number of nitrogens with one attached hydrogen (secondary N) is 1. The predicted molar refractivity (Wildman–Crippen MR) is 129 cm³/mol. The van der Waals surface area contributed by atoms with Crippen LogP contribution < -0.4 is 10.1 Å². The Morgan fingerprint density at radius 2 is 1.67 bits per heavy atom. The number of likely N-dealkylation sites (N-methyl/N-ethyl adjacent to an activating group) is 1. The number of hydrogen-bond acceptors (Lipinski definition) is 6. The zero-order chi connectivity index (χ0) is 24.0. The van der Waals surface area contributed by atoms with E-state index < -0.39 is 15.7 Å². The molecule has 0 saturated heterocycles. The predicted octanol–water partition coefficient (Wildman–Crippen LogP) is 4.70. The van der Waals surface area contributed by atoms with Crippen LogP contribution in [-0.4, -0.2) is 46.0 Å². The van der Waals surface area contributed by atoms with Crippen molar-refractivity contribution in [2.24, 2.45) is 0 Å². The number of methoxy groups -OCH3 is 1. The molecule has 9 heteroatoms. The molecule has 1 aromatic heterocycles. The molecule has 33 heavy (non-hydrogen) atoms. The Balaban J connectivity index is 1.75. The first-order chi connectivity index (χ1) is 15.8. The summed E-state index contributed by atoms with van der Waals surface area (Å²) in [5, 5.41) is 2.61. The molecule has 0 radical (unpaired) electrons. The molecule has 7 nitrogen and oxygen atoms in total. The number of ether oxygens (including phenoxy) is 1. The second-order valence-corrected chi connectivity index (χ2v) is 10.1. The Labute approximate surface area is 202 Å². The highest BCUT2D eigenvalue weighted by Crippen LogP contribution is 2.25. The summed E-state index contributed by atoms with van der Waals surface area (Å²) in [5.41, 5.74) is 1.04. The Kier molecular flexibility index (Phi) is 8.34. The number of halogens is 1. The Morgan fingerprint density at radius 3 is 2.24 bits per heavy atom. The summed E-state index contributed by atoms with van der Waals surface area (Å²) >= 11 is 3.28. The van der Waals surface area contributed by atoms with Gasteiger partial charge in [-0.15, -0.1) is 0 Å². The monoisotopic (exact) mass is 534 g/mol. The lowest BCUT2D eigenvalue weighted by Crippen LogP contribution is -2.38. The molecule has 0 aliphatic heterocycles. The largest absolute Gasteiger partial charge is 0.497 e. The lowest BCUT2D eigenvalue weighted by Gasteiger charge is -2.30. The first-order valence-electron chi connectivity index (χ1n) is 10.6. The number of benzene rings is 2. The Morgan fingerprint density at radius 1 is 1.03 bits per heavy atom. The molecule has 1 amide bonds. The quantitative estimate of drug-likeness (QED) is 0.405. The SMILES string of the molecule is CCN(CC)C(CNC(=O)c1ccc(S(=O)(=O)c2ccc(Br)cc2)o1)c1ccc(OC)cc1. The average molecular weight is 535 g/mol. The van der Waals surface area contributed by atoms with Gasteiger partial charge in [0.2, 0.25) is 14.9 Å². The normalized spacial score (nSPS) is 12.5. The second kappa shape index (κ2) is 11.0. The van der Waals surface area contributed by atoms with E-state index in [9.17, 15) is 13.2 Å². The van der Waals surface area contributed by atoms with Crippen LogP contribution in [0.15, 0.2) is 79.5 Å². The van der Waals surface area contributed by atoms with Crippen molar-refractivity contribution in [2.75, 3.05) is 26.7 Å². The molecule has 3 aromatic rings. The number of sulfone groups is 1. The van der Waals surface area contributed by atoms with Gasteiger partial charge < -0.3 is 14.5 Å². The lowest BCUT2D eigenvalue weighted by atomic mass is 10.0. The summed E-state index contributed by atoms with van der Waals surface area (Å²) < 4.78 is 37.0. The van der Waals surface area contributed by atoms with E-state index in [1.54, 1.807) is 19.2 Å². The van der Waals surface area contributed by atoms with Gasteiger partial charge in [0, 0.05) is 11.0 Å². The molecule has 0 aliphatic carbocycles. The van der Waals surface area contributed by atoms with Crippen LogP contribution in [0.3, 0.4) is 0 Å². The van der Waals surface area contributed by atoms with E-state index in [2.05, 4.69) is 40.0 Å². The van der Waals surface area contributed by atoms with Crippen LogP contribution in [0.25, 0.3) is 0 Å². The minimum absolute atomic E-state index is 0.0567. The molecular weight excluding hydrogens is 508 g/mol. The van der Waals surface area contributed by atoms with Gasteiger partial charge in [-0.3, -0.25) is 9.69 Å². The zero-order valence-electron chi connectivity index (χ0n) is 18.7. The maximum atomic E-state index is 12.8. The number of carbonyl (C=O) groups is 1. The molecular formula is C24H27BrN2O5S. The minimum atomic E-state index is -3.86. The molecule has 2 aromatic carbocycles. The van der Waals surface area contributed by atoms with Crippen molar-refractivity contribution >= 4 is 31.7 Å². The maximum absolute atomic E-state index is 12.8. The van der Waals surface area contributed by atoms with Gasteiger partial charge in [-0.2, -0.15) is 0 Å². The van der Waals surface area contributed by atoms with Crippen LogP contribution in [0, 0.1) is 0 Å². The molecule has 0 fully saturated rings. The van der Waals surface area contributed by atoms with Crippen LogP contribution >= 0.6 is 15.9 Å². The fourth-order valence-corrected chi connectivity index (χ4v) is 4.98. The second-order valence-electron chi connectivity index (χ2n) is 7.30. The third kappa shape index (κ3) is 5.85. The smallest absolute Gasteiger partial charge is 0.287 e. The highest BCUT2D eigenvalue weighted by molar-refractivity contribution is 9.10. The number of amides is 1. The van der Waals surface area contributed by atoms with Gasteiger partial charge in [-0.1, -0.05) is 41.9 Å². The molecule has 0 spiro atoms. The zero-order valence-corrected chi connectivity index (χ0v) is 21.1. The van der Waals surface area contributed by atoms with Gasteiger partial charge in [-0.05, 0) is 67.2 Å². The maximum Gasteiger partial charge on any atom is 0.287 e. The van der Waals surface area contributed by atoms with Crippen LogP contribution in [-0.2, 0) is 9.84 Å². The van der Waals surface area contributed by atoms with Crippen molar-refractivity contribution in [3.8, 4) is 5.75 Å². The molecule has 1 atom stereocenters. The van der Waals surface area contributed by atoms with Crippen molar-refractivity contribution < 1.29 is 22.4 Å². The van der Waals surface area contributed by atoms with Gasteiger partial charge in [0.05, 0.1) is 18.0 Å². The minimum Gasteiger partial charge on any atom is -0.497 e. The van der Waals surface area contributed by atoms with Crippen molar-refractivity contribution in [1.82, 2.24) is 10.2 Å². The van der Waals surface area contributed by atoms with E-state index in [0.29, 0.717) is 6.54 Å². The lowest BCUT2D eigenvalue weighted by molar-refractivity contribution is 0.0902. The summed E-state index contributed by atoms with van der Waals surface area (Å²) in [6.45, 7) is 6.07. The Hall–Kier alpha value is -2.62. The van der Waals surface area contributed by atoms with Crippen LogP contribution in [0.5, 0.6) is 5.75 Å². The average Bonchev–Trinajstić information content (AvgIpc) is 3.33. The van der Waals surface area contributed by atoms with E-state index >= 15 is 0 Å². The van der Waals surface area contributed by atoms with Crippen LogP contribution in [0.4, 0.5) is 0 Å². The molecule has 1 N–H and O–H groups in total. The fourth-order valence-electron chi connectivity index (χ4n) is 3.54. The van der Waals surface area contributed by atoms with E-state index in [1.165, 1.54) is 24.3 Å². The first-order valence-corrected chi connectivity index (χ1v) is 12.8. The third-order valence-corrected chi connectivity index (χ3v) is 7.57. The number of rotatable bonds is 10. The number of nitrogens with zero attached hydrogens (tertiary/aromatic N) is 1. The summed E-state index contributed by atoms with van der Waals surface area (Å²) in [4.78, 5) is 15.1. The van der Waals surface area contributed by atoms with Crippen molar-refractivity contribution in [3.05, 3.63) is 76.5 Å². The molecule has 0 bridgehead atoms. The van der Waals surface area contributed by atoms with E-state index in [-0.39, 0.29) is 21.8 Å². The van der Waals surface area contributed by atoms with Crippen LogP contribution in [0.1, 0.15) is 36.0 Å². The van der Waals surface area contributed by atoms with Crippen molar-refractivity contribution in [2.45, 2.75) is 29.9 Å². The van der Waals surface area contributed by atoms with E-state index in [1.807, 2.05) is 24.3 Å². The fraction of sp³-hybridized carbons (Fsp3) is 0.292. The molecule has 1 heterocycles. The molecule has 176 valence electrons. The van der Waals surface area contributed by atoms with Crippen LogP contribution in [0.2, 0.25) is 0 Å². The molecule has 0 saturated carbocycles. The number of hydrogen-bond donors (Lipinski definition) is 1. The summed E-state index contributed by atoms with van der Waals surface area (Å²) in [7, 11) is -2.24. The standard InChI is InChI=1S/C24H27BrN2O5S/c1-4-27(5-2)21(17-6-10-19(31-3)11-7-17)16-26-24(28)22-14-15-23(32-22)33(29,30)20-12-8-18(25)9-13-20/h6-15,21H,4-5,16H2,1-3H3,(H,26,28). The van der Waals surface area contributed by atoms with Gasteiger partial charge in [-0.25, -0.2) is 8.42 Å². The van der Waals surface area contributed by atoms with Crippen molar-refractivity contribution in [1.29, 1.82) is 0 Å².